The summed E-state index contributed by atoms with van der Waals surface area (Å²) < 4.78 is 37.8. The quantitative estimate of drug-likeness (QED) is 0.756. The molecule has 0 saturated carbocycles. The van der Waals surface area contributed by atoms with Crippen molar-refractivity contribution >= 4 is 21.6 Å². The third-order valence-electron chi connectivity index (χ3n) is 4.78. The van der Waals surface area contributed by atoms with Crippen molar-refractivity contribution < 1.29 is 22.7 Å². The molecule has 26 heavy (non-hydrogen) atoms. The molecule has 3 N–H and O–H groups in total. The van der Waals surface area contributed by atoms with Crippen molar-refractivity contribution in [2.75, 3.05) is 32.1 Å². The van der Waals surface area contributed by atoms with Crippen molar-refractivity contribution in [2.24, 2.45) is 5.73 Å². The number of ether oxygens (including phenoxy) is 2. The fourth-order valence-electron chi connectivity index (χ4n) is 3.32. The number of anilines is 1. The van der Waals surface area contributed by atoms with Crippen LogP contribution in [0.2, 0.25) is 0 Å². The van der Waals surface area contributed by atoms with E-state index in [-0.39, 0.29) is 22.7 Å². The van der Waals surface area contributed by atoms with E-state index in [0.29, 0.717) is 31.7 Å². The number of rotatable bonds is 6. The van der Waals surface area contributed by atoms with Crippen LogP contribution in [0.15, 0.2) is 23.1 Å². The molecule has 1 aromatic rings. The Morgan fingerprint density at radius 2 is 2.08 bits per heavy atom. The lowest BCUT2D eigenvalue weighted by atomic mass is 10.2. The van der Waals surface area contributed by atoms with Gasteiger partial charge in [-0.3, -0.25) is 4.79 Å². The van der Waals surface area contributed by atoms with Gasteiger partial charge >= 0.3 is 0 Å². The summed E-state index contributed by atoms with van der Waals surface area (Å²) in [6, 6.07) is 4.56. The fourth-order valence-corrected chi connectivity index (χ4v) is 4.97. The largest absolute Gasteiger partial charge is 0.495 e. The minimum Gasteiger partial charge on any atom is -0.495 e. The van der Waals surface area contributed by atoms with Gasteiger partial charge in [0, 0.05) is 31.4 Å². The first-order chi connectivity index (χ1) is 12.5. The number of carbonyl (C=O) groups is 1. The van der Waals surface area contributed by atoms with Crippen LogP contribution >= 0.6 is 0 Å². The second-order valence-electron chi connectivity index (χ2n) is 6.53. The van der Waals surface area contributed by atoms with Crippen molar-refractivity contribution in [2.45, 2.75) is 42.8 Å². The van der Waals surface area contributed by atoms with Gasteiger partial charge in [0.25, 0.3) is 5.91 Å². The van der Waals surface area contributed by atoms with Crippen LogP contribution in [0.3, 0.4) is 0 Å². The maximum absolute atomic E-state index is 12.8. The first-order valence-electron chi connectivity index (χ1n) is 8.80. The minimum atomic E-state index is -3.60. The normalized spacial score (nSPS) is 23.9. The van der Waals surface area contributed by atoms with Gasteiger partial charge < -0.3 is 20.5 Å². The summed E-state index contributed by atoms with van der Waals surface area (Å²) in [7, 11) is -2.18. The number of nitrogens with two attached hydrogens (primary N) is 1. The molecular weight excluding hydrogens is 358 g/mol. The van der Waals surface area contributed by atoms with Crippen LogP contribution in [-0.2, 0) is 19.6 Å². The van der Waals surface area contributed by atoms with Crippen LogP contribution in [0.4, 0.5) is 5.69 Å². The standard InChI is InChI=1S/C17H25N3O5S/c1-24-15-10-12(19-17(21)14-6-5-13(11-18)25-14)4-7-16(15)26(22,23)20-8-2-3-9-20/h4,7,10,13-14H,2-3,5-6,8-9,11,18H2,1H3,(H,19,21)/t13-,14+/m1/s1. The lowest BCUT2D eigenvalue weighted by molar-refractivity contribution is -0.126. The third-order valence-corrected chi connectivity index (χ3v) is 6.71. The van der Waals surface area contributed by atoms with Gasteiger partial charge in [0.15, 0.2) is 0 Å². The van der Waals surface area contributed by atoms with Gasteiger partial charge in [-0.1, -0.05) is 0 Å². The lowest BCUT2D eigenvalue weighted by Crippen LogP contribution is -2.30. The molecule has 144 valence electrons. The van der Waals surface area contributed by atoms with Gasteiger partial charge in [0.1, 0.15) is 16.7 Å². The summed E-state index contributed by atoms with van der Waals surface area (Å²) in [5.41, 5.74) is 6.03. The summed E-state index contributed by atoms with van der Waals surface area (Å²) in [4.78, 5) is 12.4. The fraction of sp³-hybridized carbons (Fsp3) is 0.588. The van der Waals surface area contributed by atoms with E-state index in [2.05, 4.69) is 5.32 Å². The molecule has 0 aliphatic carbocycles. The van der Waals surface area contributed by atoms with Crippen molar-refractivity contribution in [3.05, 3.63) is 18.2 Å². The lowest BCUT2D eigenvalue weighted by Gasteiger charge is -2.18. The molecule has 2 heterocycles. The number of benzene rings is 1. The second-order valence-corrected chi connectivity index (χ2v) is 8.43. The highest BCUT2D eigenvalue weighted by Crippen LogP contribution is 2.31. The summed E-state index contributed by atoms with van der Waals surface area (Å²) in [6.45, 7) is 1.43. The highest BCUT2D eigenvalue weighted by atomic mass is 32.2. The number of carbonyl (C=O) groups excluding carboxylic acids is 1. The first-order valence-corrected chi connectivity index (χ1v) is 10.2. The number of nitrogens with one attached hydrogen (secondary N) is 1. The van der Waals surface area contributed by atoms with Crippen LogP contribution < -0.4 is 15.8 Å². The monoisotopic (exact) mass is 383 g/mol. The minimum absolute atomic E-state index is 0.0896. The molecule has 2 fully saturated rings. The Morgan fingerprint density at radius 3 is 2.69 bits per heavy atom. The average molecular weight is 383 g/mol. The van der Waals surface area contributed by atoms with Crippen LogP contribution in [0.1, 0.15) is 25.7 Å². The predicted octanol–water partition coefficient (Wildman–Crippen LogP) is 0.925. The molecule has 0 bridgehead atoms. The van der Waals surface area contributed by atoms with Crippen LogP contribution in [0, 0.1) is 0 Å². The maximum Gasteiger partial charge on any atom is 0.253 e. The van der Waals surface area contributed by atoms with E-state index in [9.17, 15) is 13.2 Å². The number of methoxy groups -OCH3 is 1. The molecule has 0 spiro atoms. The Hall–Kier alpha value is -1.68. The van der Waals surface area contributed by atoms with Gasteiger partial charge in [-0.25, -0.2) is 8.42 Å². The number of hydrogen-bond donors (Lipinski definition) is 2. The Bertz CT molecular complexity index is 762. The Kier molecular flexibility index (Phi) is 5.81. The summed E-state index contributed by atoms with van der Waals surface area (Å²) in [6.07, 6.45) is 2.47. The molecule has 0 aromatic heterocycles. The summed E-state index contributed by atoms with van der Waals surface area (Å²) in [5, 5.41) is 2.76. The van der Waals surface area contributed by atoms with E-state index in [4.69, 9.17) is 15.2 Å². The zero-order valence-electron chi connectivity index (χ0n) is 14.8. The van der Waals surface area contributed by atoms with E-state index in [1.807, 2.05) is 0 Å². The molecule has 3 rings (SSSR count). The van der Waals surface area contributed by atoms with E-state index in [1.165, 1.54) is 23.5 Å². The molecule has 2 saturated heterocycles. The topological polar surface area (TPSA) is 111 Å². The van der Waals surface area contributed by atoms with E-state index in [0.717, 1.165) is 19.3 Å². The highest BCUT2D eigenvalue weighted by Gasteiger charge is 2.32. The molecule has 2 aliphatic heterocycles. The number of hydrogen-bond acceptors (Lipinski definition) is 6. The van der Waals surface area contributed by atoms with Crippen molar-refractivity contribution in [1.29, 1.82) is 0 Å². The second kappa shape index (κ2) is 7.91. The Balaban J connectivity index is 1.75. The molecule has 9 heteroatoms. The zero-order valence-corrected chi connectivity index (χ0v) is 15.6. The van der Waals surface area contributed by atoms with Crippen LogP contribution in [0.25, 0.3) is 0 Å². The zero-order chi connectivity index (χ0) is 18.7. The molecule has 1 aromatic carbocycles. The molecule has 0 unspecified atom stereocenters. The van der Waals surface area contributed by atoms with Gasteiger partial charge in [0.2, 0.25) is 10.0 Å². The van der Waals surface area contributed by atoms with E-state index in [1.54, 1.807) is 6.07 Å². The van der Waals surface area contributed by atoms with Gasteiger partial charge in [-0.05, 0) is 37.8 Å². The van der Waals surface area contributed by atoms with Gasteiger partial charge in [0.05, 0.1) is 13.2 Å². The molecule has 2 atom stereocenters. The maximum atomic E-state index is 12.8. The van der Waals surface area contributed by atoms with Gasteiger partial charge in [-0.2, -0.15) is 4.31 Å². The molecule has 1 amide bonds. The van der Waals surface area contributed by atoms with Crippen molar-refractivity contribution in [3.8, 4) is 5.75 Å². The van der Waals surface area contributed by atoms with Gasteiger partial charge in [-0.15, -0.1) is 0 Å². The number of sulfonamides is 1. The third kappa shape index (κ3) is 3.85. The number of amides is 1. The van der Waals surface area contributed by atoms with Crippen LogP contribution in [-0.4, -0.2) is 57.6 Å². The molecule has 2 aliphatic rings. The van der Waals surface area contributed by atoms with Crippen molar-refractivity contribution in [1.82, 2.24) is 4.31 Å². The smallest absolute Gasteiger partial charge is 0.253 e. The predicted molar refractivity (Wildman–Crippen MR) is 96.6 cm³/mol. The molecule has 0 radical (unpaired) electrons. The SMILES string of the molecule is COc1cc(NC(=O)[C@@H]2CC[C@H](CN)O2)ccc1S(=O)(=O)N1CCCC1. The summed E-state index contributed by atoms with van der Waals surface area (Å²) >= 11 is 0. The summed E-state index contributed by atoms with van der Waals surface area (Å²) in [5.74, 6) is -0.0555. The molecular formula is C17H25N3O5S. The molecule has 8 nitrogen and oxygen atoms in total. The Labute approximate surface area is 153 Å². The van der Waals surface area contributed by atoms with E-state index >= 15 is 0 Å². The first kappa shape index (κ1) is 19.1. The van der Waals surface area contributed by atoms with E-state index < -0.39 is 16.1 Å². The van der Waals surface area contributed by atoms with Crippen LogP contribution in [0.5, 0.6) is 5.75 Å². The average Bonchev–Trinajstić information content (AvgIpc) is 3.33. The Morgan fingerprint density at radius 1 is 1.35 bits per heavy atom. The highest BCUT2D eigenvalue weighted by molar-refractivity contribution is 7.89. The number of nitrogens with zero attached hydrogens (tertiary/aromatic N) is 1. The van der Waals surface area contributed by atoms with Crippen molar-refractivity contribution in [3.63, 3.8) is 0 Å².